The van der Waals surface area contributed by atoms with Gasteiger partial charge in [-0.3, -0.25) is 9.20 Å². The Morgan fingerprint density at radius 2 is 1.43 bits per heavy atom. The van der Waals surface area contributed by atoms with E-state index in [9.17, 15) is 4.79 Å². The molecule has 3 aromatic carbocycles. The van der Waals surface area contributed by atoms with Crippen LogP contribution < -0.4 is 5.32 Å². The van der Waals surface area contributed by atoms with Crippen LogP contribution in [-0.4, -0.2) is 19.9 Å². The van der Waals surface area contributed by atoms with Crippen LogP contribution in [-0.2, 0) is 7.05 Å². The summed E-state index contributed by atoms with van der Waals surface area (Å²) < 4.78 is 4.28. The molecule has 0 aliphatic rings. The van der Waals surface area contributed by atoms with Crippen LogP contribution in [0.3, 0.4) is 0 Å². The lowest BCUT2D eigenvalue weighted by atomic mass is 10.1. The minimum atomic E-state index is -0.213. The average Bonchev–Trinajstić information content (AvgIpc) is 3.31. The van der Waals surface area contributed by atoms with Crippen LogP contribution in [0.1, 0.15) is 16.1 Å². The fraction of sp³-hybridized carbons (Fsp3) is 0.0400. The molecule has 5 heteroatoms. The summed E-state index contributed by atoms with van der Waals surface area (Å²) in [6, 6.07) is 29.6. The Bertz CT molecular complexity index is 1400. The van der Waals surface area contributed by atoms with E-state index < -0.39 is 0 Å². The Labute approximate surface area is 179 Å². The summed E-state index contributed by atoms with van der Waals surface area (Å²) in [5, 5.41) is 2.94. The summed E-state index contributed by atoms with van der Waals surface area (Å²) in [7, 11) is 2.04. The van der Waals surface area contributed by atoms with Crippen molar-refractivity contribution >= 4 is 39.8 Å². The summed E-state index contributed by atoms with van der Waals surface area (Å²) in [6.07, 6.45) is 0. The number of rotatable bonds is 3. The van der Waals surface area contributed by atoms with E-state index in [-0.39, 0.29) is 5.91 Å². The molecule has 0 saturated heterocycles. The molecule has 1 amide bonds. The maximum atomic E-state index is 12.8. The predicted molar refractivity (Wildman–Crippen MR) is 125 cm³/mol. The van der Waals surface area contributed by atoms with Crippen LogP contribution in [0.2, 0.25) is 0 Å². The molecule has 0 bridgehead atoms. The number of amides is 1. The predicted octanol–water partition coefficient (Wildman–Crippen LogP) is 5.20. The molecule has 0 atom stereocenters. The fourth-order valence-corrected chi connectivity index (χ4v) is 4.23. The third-order valence-corrected chi connectivity index (χ3v) is 5.67. The maximum Gasteiger partial charge on any atom is 0.256 e. The lowest BCUT2D eigenvalue weighted by Gasteiger charge is -2.10. The molecule has 30 heavy (non-hydrogen) atoms. The number of hydrogen-bond donors (Lipinski definition) is 1. The highest BCUT2D eigenvalue weighted by molar-refractivity contribution is 7.80. The van der Waals surface area contributed by atoms with Crippen molar-refractivity contribution in [3.63, 3.8) is 0 Å². The number of thiocarbonyl (C=S) groups is 1. The van der Waals surface area contributed by atoms with Gasteiger partial charge in [-0.1, -0.05) is 72.9 Å². The molecule has 2 heterocycles. The zero-order valence-electron chi connectivity index (χ0n) is 16.4. The summed E-state index contributed by atoms with van der Waals surface area (Å²) in [5.41, 5.74) is 6.59. The van der Waals surface area contributed by atoms with Crippen molar-refractivity contribution in [2.75, 3.05) is 0 Å². The first-order chi connectivity index (χ1) is 14.6. The van der Waals surface area contributed by atoms with Gasteiger partial charge < -0.3 is 9.88 Å². The van der Waals surface area contributed by atoms with E-state index >= 15 is 0 Å². The quantitative estimate of drug-likeness (QED) is 0.416. The molecule has 4 nitrogen and oxygen atoms in total. The Morgan fingerprint density at radius 1 is 0.833 bits per heavy atom. The van der Waals surface area contributed by atoms with Gasteiger partial charge in [-0.2, -0.15) is 0 Å². The number of nitrogens with one attached hydrogen (secondary N) is 1. The topological polar surface area (TPSA) is 38.4 Å². The Morgan fingerprint density at radius 3 is 2.13 bits per heavy atom. The smallest absolute Gasteiger partial charge is 0.256 e. The lowest BCUT2D eigenvalue weighted by molar-refractivity contribution is 0.0978. The van der Waals surface area contributed by atoms with Crippen molar-refractivity contribution in [2.24, 2.45) is 7.05 Å². The number of fused-ring (bicyclic) bond motifs is 3. The van der Waals surface area contributed by atoms with Gasteiger partial charge in [0, 0.05) is 18.2 Å². The zero-order valence-corrected chi connectivity index (χ0v) is 17.2. The number of carbonyl (C=O) groups excluding carboxylic acids is 1. The van der Waals surface area contributed by atoms with Crippen LogP contribution in [0.25, 0.3) is 27.8 Å². The summed E-state index contributed by atoms with van der Waals surface area (Å²) >= 11 is 5.78. The Balaban J connectivity index is 1.71. The number of hydrogen-bond acceptors (Lipinski definition) is 2. The first kappa shape index (κ1) is 18.3. The fourth-order valence-electron chi connectivity index (χ4n) is 3.93. The molecule has 0 unspecified atom stereocenters. The average molecular weight is 410 g/mol. The number of carbonyl (C=O) groups is 1. The number of aromatic nitrogens is 2. The van der Waals surface area contributed by atoms with Gasteiger partial charge in [0.05, 0.1) is 16.7 Å². The molecule has 0 aliphatic carbocycles. The zero-order chi connectivity index (χ0) is 20.7. The summed E-state index contributed by atoms with van der Waals surface area (Å²) in [5.74, 6) is -0.213. The number of para-hydroxylation sites is 2. The van der Waals surface area contributed by atoms with Crippen molar-refractivity contribution < 1.29 is 4.79 Å². The van der Waals surface area contributed by atoms with Crippen LogP contribution in [0.4, 0.5) is 0 Å². The third-order valence-electron chi connectivity index (χ3n) is 5.37. The summed E-state index contributed by atoms with van der Waals surface area (Å²) in [6.45, 7) is 0. The van der Waals surface area contributed by atoms with Crippen LogP contribution in [0.15, 0.2) is 91.0 Å². The Kier molecular flexibility index (Phi) is 4.45. The van der Waals surface area contributed by atoms with Gasteiger partial charge in [-0.05, 0) is 35.9 Å². The molecular weight excluding hydrogens is 390 g/mol. The third kappa shape index (κ3) is 2.91. The van der Waals surface area contributed by atoms with Gasteiger partial charge >= 0.3 is 0 Å². The molecule has 0 fully saturated rings. The number of imidazole rings is 1. The van der Waals surface area contributed by atoms with Crippen molar-refractivity contribution in [1.82, 2.24) is 14.3 Å². The summed E-state index contributed by atoms with van der Waals surface area (Å²) in [4.78, 5) is 13.2. The van der Waals surface area contributed by atoms with Crippen LogP contribution >= 0.6 is 12.2 Å². The highest BCUT2D eigenvalue weighted by Gasteiger charge is 2.22. The van der Waals surface area contributed by atoms with E-state index in [1.165, 1.54) is 0 Å². The monoisotopic (exact) mass is 409 g/mol. The van der Waals surface area contributed by atoms with Gasteiger partial charge in [0.1, 0.15) is 10.6 Å². The molecule has 2 aromatic heterocycles. The maximum absolute atomic E-state index is 12.8. The molecule has 0 aliphatic heterocycles. The second kappa shape index (κ2) is 7.28. The minimum absolute atomic E-state index is 0.213. The molecule has 1 N–H and O–H groups in total. The highest BCUT2D eigenvalue weighted by atomic mass is 32.1. The van der Waals surface area contributed by atoms with Gasteiger partial charge in [-0.25, -0.2) is 0 Å². The van der Waals surface area contributed by atoms with Crippen molar-refractivity contribution in [2.45, 2.75) is 0 Å². The molecule has 5 aromatic rings. The van der Waals surface area contributed by atoms with E-state index in [0.717, 1.165) is 33.5 Å². The molecule has 146 valence electrons. The number of aryl methyl sites for hydroxylation is 1. The minimum Gasteiger partial charge on any atom is -0.329 e. The highest BCUT2D eigenvalue weighted by Crippen LogP contribution is 2.32. The first-order valence-corrected chi connectivity index (χ1v) is 10.1. The van der Waals surface area contributed by atoms with E-state index in [2.05, 4.69) is 44.6 Å². The molecular formula is C25H19N3OS. The standard InChI is InChI=1S/C25H19N3OS/c1-27-20-14-8-9-15-21(20)28-22(27)16-19(17-10-4-2-5-11-17)23(28)25(30)26-24(29)18-12-6-3-7-13-18/h2-16H,1H3,(H,26,29,30). The van der Waals surface area contributed by atoms with E-state index in [0.29, 0.717) is 10.6 Å². The normalized spacial score (nSPS) is 11.1. The SMILES string of the molecule is Cn1c2ccccc2n2c(C(=S)NC(=O)c3ccccc3)c(-c3ccccc3)cc12. The molecule has 0 radical (unpaired) electrons. The number of benzene rings is 3. The Hall–Kier alpha value is -3.70. The second-order valence-corrected chi connectivity index (χ2v) is 7.57. The first-order valence-electron chi connectivity index (χ1n) is 9.70. The number of nitrogens with zero attached hydrogens (tertiary/aromatic N) is 2. The lowest BCUT2D eigenvalue weighted by Crippen LogP contribution is -2.30. The molecule has 5 rings (SSSR count). The van der Waals surface area contributed by atoms with Crippen LogP contribution in [0.5, 0.6) is 0 Å². The van der Waals surface area contributed by atoms with Crippen molar-refractivity contribution in [1.29, 1.82) is 0 Å². The van der Waals surface area contributed by atoms with E-state index in [1.807, 2.05) is 55.6 Å². The van der Waals surface area contributed by atoms with Crippen LogP contribution in [0, 0.1) is 0 Å². The van der Waals surface area contributed by atoms with E-state index in [1.54, 1.807) is 12.1 Å². The second-order valence-electron chi connectivity index (χ2n) is 7.16. The van der Waals surface area contributed by atoms with Crippen molar-refractivity contribution in [3.8, 4) is 11.1 Å². The van der Waals surface area contributed by atoms with Gasteiger partial charge in [0.25, 0.3) is 5.91 Å². The van der Waals surface area contributed by atoms with Gasteiger partial charge in [-0.15, -0.1) is 0 Å². The molecule has 0 spiro atoms. The van der Waals surface area contributed by atoms with E-state index in [4.69, 9.17) is 12.2 Å². The van der Waals surface area contributed by atoms with Gasteiger partial charge in [0.2, 0.25) is 0 Å². The largest absolute Gasteiger partial charge is 0.329 e. The molecule has 0 saturated carbocycles. The van der Waals surface area contributed by atoms with Crippen molar-refractivity contribution in [3.05, 3.63) is 102 Å². The van der Waals surface area contributed by atoms with Gasteiger partial charge in [0.15, 0.2) is 0 Å².